The predicted octanol–water partition coefficient (Wildman–Crippen LogP) is 3.18. The minimum absolute atomic E-state index is 0.0207. The third kappa shape index (κ3) is 4.74. The van der Waals surface area contributed by atoms with Gasteiger partial charge < -0.3 is 14.5 Å². The van der Waals surface area contributed by atoms with Gasteiger partial charge in [0.25, 0.3) is 5.69 Å². The lowest BCUT2D eigenvalue weighted by atomic mass is 10.2. The maximum atomic E-state index is 11.1. The zero-order valence-corrected chi connectivity index (χ0v) is 18.4. The van der Waals surface area contributed by atoms with Crippen molar-refractivity contribution in [2.45, 2.75) is 20.8 Å². The second-order valence-electron chi connectivity index (χ2n) is 7.55. The van der Waals surface area contributed by atoms with E-state index in [1.807, 2.05) is 32.9 Å². The Morgan fingerprint density at radius 2 is 1.69 bits per heavy atom. The molecule has 0 amide bonds. The lowest BCUT2D eigenvalue weighted by molar-refractivity contribution is -0.384. The number of benzene rings is 1. The van der Waals surface area contributed by atoms with Crippen molar-refractivity contribution in [1.29, 1.82) is 0 Å². The van der Waals surface area contributed by atoms with Crippen LogP contribution in [-0.4, -0.2) is 57.6 Å². The van der Waals surface area contributed by atoms with Crippen LogP contribution in [0.5, 0.6) is 5.88 Å². The van der Waals surface area contributed by atoms with Crippen molar-refractivity contribution >= 4 is 17.5 Å². The first-order chi connectivity index (χ1) is 15.4. The Hall–Kier alpha value is -3.82. The third-order valence-corrected chi connectivity index (χ3v) is 5.15. The SMILES string of the molecule is CCOc1cc(C)nc(N2CCN(c3cc(C)nc(-c4cccc([N+](=O)[O-])c4)n3)CC2)n1. The van der Waals surface area contributed by atoms with Crippen molar-refractivity contribution < 1.29 is 9.66 Å². The molecule has 1 aliphatic heterocycles. The van der Waals surface area contributed by atoms with Gasteiger partial charge in [-0.05, 0) is 20.8 Å². The topological polar surface area (TPSA) is 110 Å². The number of nitro groups is 1. The zero-order chi connectivity index (χ0) is 22.7. The normalized spacial score (nSPS) is 13.8. The molecule has 3 aromatic rings. The quantitative estimate of drug-likeness (QED) is 0.426. The molecule has 4 rings (SSSR count). The molecule has 1 aliphatic rings. The van der Waals surface area contributed by atoms with Crippen molar-refractivity contribution in [3.8, 4) is 17.3 Å². The van der Waals surface area contributed by atoms with E-state index in [0.717, 1.165) is 43.4 Å². The average molecular weight is 435 g/mol. The molecule has 1 saturated heterocycles. The standard InChI is InChI=1S/C22H25N7O3/c1-4-32-20-13-16(3)24-22(26-20)28-10-8-27(9-11-28)19-12-15(2)23-21(25-19)17-6-5-7-18(14-17)29(30)31/h5-7,12-14H,4,8-11H2,1-3H3. The van der Waals surface area contributed by atoms with E-state index < -0.39 is 4.92 Å². The maximum Gasteiger partial charge on any atom is 0.270 e. The van der Waals surface area contributed by atoms with Crippen molar-refractivity contribution in [2.24, 2.45) is 0 Å². The largest absolute Gasteiger partial charge is 0.478 e. The summed E-state index contributed by atoms with van der Waals surface area (Å²) in [6.07, 6.45) is 0. The van der Waals surface area contributed by atoms with Crippen LogP contribution >= 0.6 is 0 Å². The van der Waals surface area contributed by atoms with E-state index in [2.05, 4.69) is 24.8 Å². The van der Waals surface area contributed by atoms with E-state index >= 15 is 0 Å². The highest BCUT2D eigenvalue weighted by atomic mass is 16.6. The molecule has 0 aliphatic carbocycles. The van der Waals surface area contributed by atoms with Gasteiger partial charge in [-0.1, -0.05) is 12.1 Å². The molecule has 10 nitrogen and oxygen atoms in total. The van der Waals surface area contributed by atoms with Gasteiger partial charge in [-0.25, -0.2) is 15.0 Å². The molecule has 0 saturated carbocycles. The van der Waals surface area contributed by atoms with E-state index in [0.29, 0.717) is 29.8 Å². The smallest absolute Gasteiger partial charge is 0.270 e. The second kappa shape index (κ2) is 9.13. The molecule has 32 heavy (non-hydrogen) atoms. The fourth-order valence-electron chi connectivity index (χ4n) is 3.62. The summed E-state index contributed by atoms with van der Waals surface area (Å²) < 4.78 is 5.55. The second-order valence-corrected chi connectivity index (χ2v) is 7.55. The van der Waals surface area contributed by atoms with Crippen LogP contribution in [0.2, 0.25) is 0 Å². The van der Waals surface area contributed by atoms with Crippen LogP contribution in [0.15, 0.2) is 36.4 Å². The van der Waals surface area contributed by atoms with Gasteiger partial charge in [-0.15, -0.1) is 0 Å². The third-order valence-electron chi connectivity index (χ3n) is 5.15. The van der Waals surface area contributed by atoms with Gasteiger partial charge in [0, 0.05) is 67.4 Å². The molecule has 0 unspecified atom stereocenters. The Kier molecular flexibility index (Phi) is 6.11. The number of aromatic nitrogens is 4. The van der Waals surface area contributed by atoms with E-state index in [4.69, 9.17) is 9.72 Å². The molecule has 0 spiro atoms. The highest BCUT2D eigenvalue weighted by Crippen LogP contribution is 2.25. The highest BCUT2D eigenvalue weighted by molar-refractivity contribution is 5.61. The number of aryl methyl sites for hydroxylation is 2. The maximum absolute atomic E-state index is 11.1. The summed E-state index contributed by atoms with van der Waals surface area (Å²) in [5.41, 5.74) is 2.32. The number of anilines is 2. The van der Waals surface area contributed by atoms with Crippen molar-refractivity contribution in [2.75, 3.05) is 42.6 Å². The monoisotopic (exact) mass is 435 g/mol. The Morgan fingerprint density at radius 1 is 0.969 bits per heavy atom. The minimum Gasteiger partial charge on any atom is -0.478 e. The molecule has 0 atom stereocenters. The Balaban J connectivity index is 1.52. The molecular weight excluding hydrogens is 410 g/mol. The first kappa shape index (κ1) is 21.4. The Labute approximate surface area is 186 Å². The fraction of sp³-hybridized carbons (Fsp3) is 0.364. The van der Waals surface area contributed by atoms with Gasteiger partial charge in [-0.2, -0.15) is 4.98 Å². The molecule has 1 fully saturated rings. The molecule has 10 heteroatoms. The summed E-state index contributed by atoms with van der Waals surface area (Å²) in [5.74, 6) is 2.54. The van der Waals surface area contributed by atoms with Gasteiger partial charge in [-0.3, -0.25) is 10.1 Å². The zero-order valence-electron chi connectivity index (χ0n) is 18.4. The fourth-order valence-corrected chi connectivity index (χ4v) is 3.62. The van der Waals surface area contributed by atoms with Gasteiger partial charge in [0.15, 0.2) is 5.82 Å². The van der Waals surface area contributed by atoms with Crippen LogP contribution in [0.4, 0.5) is 17.5 Å². The van der Waals surface area contributed by atoms with Crippen molar-refractivity contribution in [1.82, 2.24) is 19.9 Å². The number of nitrogens with zero attached hydrogens (tertiary/aromatic N) is 7. The number of hydrogen-bond donors (Lipinski definition) is 0. The number of nitro benzene ring substituents is 1. The summed E-state index contributed by atoms with van der Waals surface area (Å²) in [7, 11) is 0. The summed E-state index contributed by atoms with van der Waals surface area (Å²) in [5, 5.41) is 11.1. The molecule has 0 N–H and O–H groups in total. The Morgan fingerprint density at radius 3 is 2.41 bits per heavy atom. The molecule has 166 valence electrons. The summed E-state index contributed by atoms with van der Waals surface area (Å²) in [6, 6.07) is 10.2. The van der Waals surface area contributed by atoms with Gasteiger partial charge in [0.05, 0.1) is 11.5 Å². The summed E-state index contributed by atoms with van der Waals surface area (Å²) >= 11 is 0. The van der Waals surface area contributed by atoms with Crippen LogP contribution in [-0.2, 0) is 0 Å². The highest BCUT2D eigenvalue weighted by Gasteiger charge is 2.22. The molecule has 2 aromatic heterocycles. The first-order valence-corrected chi connectivity index (χ1v) is 10.5. The number of ether oxygens (including phenoxy) is 1. The van der Waals surface area contributed by atoms with E-state index in [9.17, 15) is 10.1 Å². The first-order valence-electron chi connectivity index (χ1n) is 10.5. The van der Waals surface area contributed by atoms with Crippen LogP contribution in [0.25, 0.3) is 11.4 Å². The minimum atomic E-state index is -0.413. The van der Waals surface area contributed by atoms with Crippen molar-refractivity contribution in [3.63, 3.8) is 0 Å². The van der Waals surface area contributed by atoms with Crippen LogP contribution in [0, 0.1) is 24.0 Å². The van der Waals surface area contributed by atoms with Crippen molar-refractivity contribution in [3.05, 3.63) is 57.9 Å². The van der Waals surface area contributed by atoms with E-state index in [-0.39, 0.29) is 5.69 Å². The summed E-state index contributed by atoms with van der Waals surface area (Å²) in [4.78, 5) is 33.3. The number of non-ortho nitro benzene ring substituents is 1. The van der Waals surface area contributed by atoms with Gasteiger partial charge in [0.2, 0.25) is 11.8 Å². The summed E-state index contributed by atoms with van der Waals surface area (Å²) in [6.45, 7) is 9.29. The average Bonchev–Trinajstić information content (AvgIpc) is 2.79. The molecule has 3 heterocycles. The molecule has 1 aromatic carbocycles. The molecular formula is C22H25N7O3. The van der Waals surface area contributed by atoms with Gasteiger partial charge in [0.1, 0.15) is 5.82 Å². The lowest BCUT2D eigenvalue weighted by Crippen LogP contribution is -2.47. The number of rotatable bonds is 6. The number of hydrogen-bond acceptors (Lipinski definition) is 9. The van der Waals surface area contributed by atoms with E-state index in [1.54, 1.807) is 12.1 Å². The Bertz CT molecular complexity index is 1130. The lowest BCUT2D eigenvalue weighted by Gasteiger charge is -2.35. The molecule has 0 radical (unpaired) electrons. The predicted molar refractivity (Wildman–Crippen MR) is 121 cm³/mol. The van der Waals surface area contributed by atoms with E-state index in [1.165, 1.54) is 12.1 Å². The molecule has 0 bridgehead atoms. The van der Waals surface area contributed by atoms with Crippen LogP contribution in [0.1, 0.15) is 18.3 Å². The number of piperazine rings is 1. The van der Waals surface area contributed by atoms with Gasteiger partial charge >= 0.3 is 0 Å². The van der Waals surface area contributed by atoms with Crippen LogP contribution in [0.3, 0.4) is 0 Å². The van der Waals surface area contributed by atoms with Crippen LogP contribution < -0.4 is 14.5 Å².